The first-order valence-electron chi connectivity index (χ1n) is 8.59. The van der Waals surface area contributed by atoms with Crippen molar-refractivity contribution in [1.29, 1.82) is 0 Å². The Kier molecular flexibility index (Phi) is 5.03. The van der Waals surface area contributed by atoms with Gasteiger partial charge in [0.1, 0.15) is 17.1 Å². The lowest BCUT2D eigenvalue weighted by Crippen LogP contribution is -2.14. The number of anilines is 1. The molecule has 0 spiro atoms. The van der Waals surface area contributed by atoms with E-state index in [1.54, 1.807) is 18.5 Å². The lowest BCUT2D eigenvalue weighted by molar-refractivity contribution is 0.471. The quantitative estimate of drug-likeness (QED) is 0.461. The van der Waals surface area contributed by atoms with Gasteiger partial charge in [0.25, 0.3) is 0 Å². The minimum absolute atomic E-state index is 0.112. The van der Waals surface area contributed by atoms with Crippen molar-refractivity contribution in [2.24, 2.45) is 0 Å². The molecule has 28 heavy (non-hydrogen) atoms. The number of aromatic nitrogens is 3. The summed E-state index contributed by atoms with van der Waals surface area (Å²) in [5.41, 5.74) is 2.93. The SMILES string of the molecule is Cc1ccc2ccc(C(Nc3ncc(Cl)cc3Cl)c3ccncc3)c(O)c2n1. The third-order valence-electron chi connectivity index (χ3n) is 4.45. The van der Waals surface area contributed by atoms with Crippen LogP contribution in [0.25, 0.3) is 10.9 Å². The highest BCUT2D eigenvalue weighted by Gasteiger charge is 2.21. The molecule has 5 nitrogen and oxygen atoms in total. The molecule has 3 heterocycles. The summed E-state index contributed by atoms with van der Waals surface area (Å²) in [6.45, 7) is 1.89. The molecule has 0 aliphatic heterocycles. The zero-order valence-corrected chi connectivity index (χ0v) is 16.4. The molecule has 140 valence electrons. The molecule has 7 heteroatoms. The molecule has 2 N–H and O–H groups in total. The Labute approximate surface area is 172 Å². The number of nitrogens with zero attached hydrogens (tertiary/aromatic N) is 3. The monoisotopic (exact) mass is 410 g/mol. The first-order chi connectivity index (χ1) is 13.5. The van der Waals surface area contributed by atoms with Crippen LogP contribution in [0.3, 0.4) is 0 Å². The number of rotatable bonds is 4. The number of hydrogen-bond acceptors (Lipinski definition) is 5. The number of pyridine rings is 3. The van der Waals surface area contributed by atoms with Gasteiger partial charge < -0.3 is 10.4 Å². The van der Waals surface area contributed by atoms with Crippen LogP contribution in [0.15, 0.2) is 61.1 Å². The van der Waals surface area contributed by atoms with Crippen LogP contribution in [0, 0.1) is 6.92 Å². The number of benzene rings is 1. The van der Waals surface area contributed by atoms with Crippen molar-refractivity contribution in [3.63, 3.8) is 0 Å². The molecule has 4 rings (SSSR count). The van der Waals surface area contributed by atoms with E-state index in [1.165, 1.54) is 6.20 Å². The van der Waals surface area contributed by atoms with Crippen molar-refractivity contribution in [3.05, 3.63) is 87.9 Å². The second-order valence-corrected chi connectivity index (χ2v) is 7.21. The molecular formula is C21H16Cl2N4O. The fourth-order valence-corrected chi connectivity index (χ4v) is 3.51. The average molecular weight is 411 g/mol. The van der Waals surface area contributed by atoms with Crippen molar-refractivity contribution in [2.75, 3.05) is 5.32 Å². The van der Waals surface area contributed by atoms with E-state index in [1.807, 2.05) is 43.3 Å². The Morgan fingerprint density at radius 2 is 1.79 bits per heavy atom. The highest BCUT2D eigenvalue weighted by Crippen LogP contribution is 2.37. The normalized spacial score (nSPS) is 12.1. The van der Waals surface area contributed by atoms with Crippen LogP contribution >= 0.6 is 23.2 Å². The van der Waals surface area contributed by atoms with Crippen molar-refractivity contribution >= 4 is 39.9 Å². The molecule has 1 unspecified atom stereocenters. The van der Waals surface area contributed by atoms with Crippen molar-refractivity contribution in [3.8, 4) is 5.75 Å². The molecule has 0 bridgehead atoms. The summed E-state index contributed by atoms with van der Waals surface area (Å²) in [6, 6.07) is 12.6. The van der Waals surface area contributed by atoms with Crippen LogP contribution in [0.2, 0.25) is 10.0 Å². The fourth-order valence-electron chi connectivity index (χ4n) is 3.07. The predicted molar refractivity (Wildman–Crippen MR) is 112 cm³/mol. The maximum atomic E-state index is 11.0. The van der Waals surface area contributed by atoms with Crippen molar-refractivity contribution < 1.29 is 5.11 Å². The maximum Gasteiger partial charge on any atom is 0.147 e. The topological polar surface area (TPSA) is 70.9 Å². The molecule has 0 fully saturated rings. The van der Waals surface area contributed by atoms with E-state index in [-0.39, 0.29) is 5.75 Å². The van der Waals surface area contributed by atoms with Gasteiger partial charge in [-0.25, -0.2) is 9.97 Å². The van der Waals surface area contributed by atoms with Crippen LogP contribution < -0.4 is 5.32 Å². The third kappa shape index (κ3) is 3.59. The van der Waals surface area contributed by atoms with E-state index in [0.29, 0.717) is 26.9 Å². The first-order valence-corrected chi connectivity index (χ1v) is 9.35. The van der Waals surface area contributed by atoms with E-state index in [4.69, 9.17) is 23.2 Å². The van der Waals surface area contributed by atoms with Crippen LogP contribution in [-0.2, 0) is 0 Å². The molecule has 0 amide bonds. The number of phenols is 1. The highest BCUT2D eigenvalue weighted by molar-refractivity contribution is 6.35. The minimum atomic E-state index is -0.416. The zero-order valence-electron chi connectivity index (χ0n) is 14.9. The summed E-state index contributed by atoms with van der Waals surface area (Å²) in [5.74, 6) is 0.574. The van der Waals surface area contributed by atoms with Gasteiger partial charge in [0, 0.05) is 35.2 Å². The largest absolute Gasteiger partial charge is 0.505 e. The zero-order chi connectivity index (χ0) is 19.7. The number of hydrogen-bond donors (Lipinski definition) is 2. The molecule has 1 aromatic carbocycles. The summed E-state index contributed by atoms with van der Waals surface area (Å²) in [7, 11) is 0. The smallest absolute Gasteiger partial charge is 0.147 e. The van der Waals surface area contributed by atoms with Crippen LogP contribution in [0.5, 0.6) is 5.75 Å². The summed E-state index contributed by atoms with van der Waals surface area (Å²) in [5, 5.41) is 16.0. The van der Waals surface area contributed by atoms with Crippen LogP contribution in [-0.4, -0.2) is 20.1 Å². The lowest BCUT2D eigenvalue weighted by Gasteiger charge is -2.22. The van der Waals surface area contributed by atoms with Crippen LogP contribution in [0.4, 0.5) is 5.82 Å². The van der Waals surface area contributed by atoms with Gasteiger partial charge in [0.2, 0.25) is 0 Å². The number of aromatic hydroxyl groups is 1. The number of fused-ring (bicyclic) bond motifs is 1. The molecule has 0 saturated heterocycles. The van der Waals surface area contributed by atoms with Gasteiger partial charge >= 0.3 is 0 Å². The van der Waals surface area contributed by atoms with Crippen LogP contribution in [0.1, 0.15) is 22.9 Å². The van der Waals surface area contributed by atoms with E-state index in [0.717, 1.165) is 16.6 Å². The highest BCUT2D eigenvalue weighted by atomic mass is 35.5. The van der Waals surface area contributed by atoms with Crippen molar-refractivity contribution in [1.82, 2.24) is 15.0 Å². The maximum absolute atomic E-state index is 11.0. The predicted octanol–water partition coefficient (Wildman–Crippen LogP) is 5.55. The van der Waals surface area contributed by atoms with E-state index in [9.17, 15) is 5.11 Å². The minimum Gasteiger partial charge on any atom is -0.505 e. The van der Waals surface area contributed by atoms with Gasteiger partial charge in [-0.05, 0) is 36.8 Å². The van der Waals surface area contributed by atoms with Gasteiger partial charge in [-0.1, -0.05) is 41.4 Å². The summed E-state index contributed by atoms with van der Waals surface area (Å²) in [4.78, 5) is 12.9. The Hall–Kier alpha value is -2.89. The van der Waals surface area contributed by atoms with Gasteiger partial charge in [0.15, 0.2) is 0 Å². The van der Waals surface area contributed by atoms with E-state index in [2.05, 4.69) is 20.3 Å². The Balaban J connectivity index is 1.86. The second kappa shape index (κ2) is 7.62. The Morgan fingerprint density at radius 3 is 2.54 bits per heavy atom. The molecule has 0 radical (unpaired) electrons. The van der Waals surface area contributed by atoms with Gasteiger partial charge in [-0.3, -0.25) is 4.98 Å². The third-order valence-corrected chi connectivity index (χ3v) is 4.94. The first kappa shape index (κ1) is 18.5. The number of phenolic OH excluding ortho intramolecular Hbond substituents is 1. The Morgan fingerprint density at radius 1 is 1.04 bits per heavy atom. The fraction of sp³-hybridized carbons (Fsp3) is 0.0952. The molecule has 0 saturated carbocycles. The number of aryl methyl sites for hydroxylation is 1. The summed E-state index contributed by atoms with van der Waals surface area (Å²) in [6.07, 6.45) is 4.91. The van der Waals surface area contributed by atoms with Gasteiger partial charge in [-0.2, -0.15) is 0 Å². The second-order valence-electron chi connectivity index (χ2n) is 6.37. The molecule has 0 aliphatic rings. The number of nitrogens with one attached hydrogen (secondary N) is 1. The average Bonchev–Trinajstić information content (AvgIpc) is 2.69. The Bertz CT molecular complexity index is 1150. The summed E-state index contributed by atoms with van der Waals surface area (Å²) < 4.78 is 0. The lowest BCUT2D eigenvalue weighted by atomic mass is 9.97. The molecule has 0 aliphatic carbocycles. The standard InChI is InChI=1S/C21H16Cl2N4O/c1-12-2-3-13-4-5-16(20(28)19(13)26-12)18(14-6-8-24-9-7-14)27-21-17(23)10-15(22)11-25-21/h2-11,18,28H,1H3,(H,25,27). The molecule has 1 atom stereocenters. The van der Waals surface area contributed by atoms with E-state index < -0.39 is 6.04 Å². The molecule has 3 aromatic heterocycles. The molecule has 4 aromatic rings. The number of halogens is 2. The van der Waals surface area contributed by atoms with E-state index >= 15 is 0 Å². The molecular weight excluding hydrogens is 395 g/mol. The van der Waals surface area contributed by atoms with Gasteiger partial charge in [-0.15, -0.1) is 0 Å². The summed E-state index contributed by atoms with van der Waals surface area (Å²) >= 11 is 12.3. The van der Waals surface area contributed by atoms with Crippen molar-refractivity contribution in [2.45, 2.75) is 13.0 Å². The van der Waals surface area contributed by atoms with Gasteiger partial charge in [0.05, 0.1) is 16.1 Å².